The Bertz CT molecular complexity index is 2540. The molecule has 8 rings (SSSR count). The molecule has 1 spiro atoms. The van der Waals surface area contributed by atoms with Gasteiger partial charge in [0.1, 0.15) is 5.75 Å². The lowest BCUT2D eigenvalue weighted by atomic mass is 9.82. The smallest absolute Gasteiger partial charge is 0.279 e. The van der Waals surface area contributed by atoms with Crippen LogP contribution >= 0.6 is 11.6 Å². The van der Waals surface area contributed by atoms with Crippen LogP contribution in [0, 0.1) is 5.92 Å². The second kappa shape index (κ2) is 15.7. The normalized spacial score (nSPS) is 20.2. The van der Waals surface area contributed by atoms with E-state index in [1.165, 1.54) is 4.68 Å². The molecule has 0 aliphatic carbocycles. The molecule has 10 nitrogen and oxygen atoms in total. The predicted octanol–water partition coefficient (Wildman–Crippen LogP) is 7.15. The van der Waals surface area contributed by atoms with Crippen LogP contribution in [0.5, 0.6) is 5.75 Å². The van der Waals surface area contributed by atoms with Crippen LogP contribution in [0.4, 0.5) is 5.69 Å². The molecule has 4 atom stereocenters. The Balaban J connectivity index is 1.18. The molecule has 1 aromatic heterocycles. The van der Waals surface area contributed by atoms with Crippen molar-refractivity contribution in [3.63, 3.8) is 0 Å². The van der Waals surface area contributed by atoms with Gasteiger partial charge < -0.3 is 24.4 Å². The summed E-state index contributed by atoms with van der Waals surface area (Å²) in [5, 5.41) is 15.5. The highest BCUT2D eigenvalue weighted by Gasteiger charge is 2.66. The number of methoxy groups -OCH3 is 1. The number of amides is 2. The minimum atomic E-state index is -2.56. The van der Waals surface area contributed by atoms with Crippen molar-refractivity contribution < 1.29 is 24.2 Å². The average Bonchev–Trinajstić information content (AvgIpc) is 3.81. The number of nitrogens with zero attached hydrogens (tertiary/aromatic N) is 3. The Labute approximate surface area is 343 Å². The first-order valence-corrected chi connectivity index (χ1v) is 23.1. The summed E-state index contributed by atoms with van der Waals surface area (Å²) in [5.74, 6) is 0.00733. The number of hydrogen-bond acceptors (Lipinski definition) is 6. The van der Waals surface area contributed by atoms with Crippen molar-refractivity contribution in [1.82, 2.24) is 14.7 Å². The Kier molecular flexibility index (Phi) is 10.7. The molecule has 1 fully saturated rings. The number of anilines is 1. The molecule has 5 aromatic carbocycles. The van der Waals surface area contributed by atoms with E-state index in [0.717, 1.165) is 27.6 Å². The summed E-state index contributed by atoms with van der Waals surface area (Å²) in [6.07, 6.45) is -0.600. The van der Waals surface area contributed by atoms with E-state index in [1.807, 2.05) is 97.1 Å². The van der Waals surface area contributed by atoms with Crippen molar-refractivity contribution in [1.29, 1.82) is 0 Å². The SMILES string of the molecule is COc1ccc([Si](C)(C)[C@H]2[C@H](CC(=O)N(CCO)Cc3ccccc3)O[C@@]3(C(=O)N(Cc4cccc(-n5[nH]c6ccccc6c5=O)c4)c4ccc(Cl)cc43)[C@@H]2C)cc1. The maximum absolute atomic E-state index is 15.4. The van der Waals surface area contributed by atoms with Crippen LogP contribution in [0.15, 0.2) is 126 Å². The number of aliphatic hydroxyl groups is 1. The second-order valence-electron chi connectivity index (χ2n) is 15.9. The summed E-state index contributed by atoms with van der Waals surface area (Å²) in [6, 6.07) is 38.3. The molecular formula is C46H47ClN4O6Si. The number of aromatic amines is 1. The third-order valence-electron chi connectivity index (χ3n) is 12.2. The lowest BCUT2D eigenvalue weighted by Crippen LogP contribution is -2.52. The van der Waals surface area contributed by atoms with Crippen molar-refractivity contribution in [2.75, 3.05) is 25.2 Å². The van der Waals surface area contributed by atoms with Gasteiger partial charge in [0.25, 0.3) is 11.5 Å². The highest BCUT2D eigenvalue weighted by Crippen LogP contribution is 2.60. The Hall–Kier alpha value is -5.46. The number of benzene rings is 5. The first-order chi connectivity index (χ1) is 28.0. The second-order valence-corrected chi connectivity index (χ2v) is 21.0. The number of nitrogens with one attached hydrogen (secondary N) is 1. The third-order valence-corrected chi connectivity index (χ3v) is 16.8. The van der Waals surface area contributed by atoms with E-state index < -0.39 is 19.8 Å². The van der Waals surface area contributed by atoms with Gasteiger partial charge in [-0.2, -0.15) is 0 Å². The van der Waals surface area contributed by atoms with Crippen LogP contribution in [-0.2, 0) is 33.0 Å². The lowest BCUT2D eigenvalue weighted by molar-refractivity contribution is -0.150. The molecule has 58 heavy (non-hydrogen) atoms. The Morgan fingerprint density at radius 3 is 2.38 bits per heavy atom. The van der Waals surface area contributed by atoms with E-state index in [-0.39, 0.29) is 54.9 Å². The van der Waals surface area contributed by atoms with Gasteiger partial charge in [-0.1, -0.05) is 104 Å². The van der Waals surface area contributed by atoms with Crippen molar-refractivity contribution >= 4 is 53.3 Å². The van der Waals surface area contributed by atoms with Crippen LogP contribution in [0.25, 0.3) is 16.6 Å². The number of aliphatic hydroxyl groups excluding tert-OH is 1. The molecular weight excluding hydrogens is 768 g/mol. The van der Waals surface area contributed by atoms with Gasteiger partial charge in [0, 0.05) is 29.6 Å². The molecule has 0 radical (unpaired) electrons. The maximum atomic E-state index is 15.4. The fourth-order valence-corrected chi connectivity index (χ4v) is 13.6. The standard InChI is InChI=1S/C46H47ClN4O6Si/c1-30-43(58(3,4)36-20-18-35(56-2)19-21-36)41(27-42(53)49(23-24-52)28-31-11-6-5-7-12-31)57-46(30)38-26-33(47)17-22-40(38)50(45(46)55)29-32-13-10-14-34(25-32)51-44(54)37-15-8-9-16-39(37)48-51/h5-22,25-26,30,41,43,48,52H,23-24,27-29H2,1-4H3/t30-,41+,43-,46+/m1/s1. The van der Waals surface area contributed by atoms with E-state index in [9.17, 15) is 14.7 Å². The monoisotopic (exact) mass is 814 g/mol. The topological polar surface area (TPSA) is 117 Å². The molecule has 2 aliphatic heterocycles. The number of aromatic nitrogens is 2. The number of H-pyrrole nitrogens is 1. The van der Waals surface area contributed by atoms with E-state index >= 15 is 4.79 Å². The fourth-order valence-electron chi connectivity index (χ4n) is 9.38. The van der Waals surface area contributed by atoms with Crippen molar-refractivity contribution in [2.45, 2.75) is 56.8 Å². The summed E-state index contributed by atoms with van der Waals surface area (Å²) in [7, 11) is -0.921. The average molecular weight is 815 g/mol. The first-order valence-electron chi connectivity index (χ1n) is 19.6. The highest BCUT2D eigenvalue weighted by atomic mass is 35.5. The summed E-state index contributed by atoms with van der Waals surface area (Å²) in [6.45, 7) is 7.17. The largest absolute Gasteiger partial charge is 0.497 e. The zero-order valence-corrected chi connectivity index (χ0v) is 34.8. The molecule has 3 heterocycles. The molecule has 12 heteroatoms. The van der Waals surface area contributed by atoms with E-state index in [0.29, 0.717) is 33.9 Å². The van der Waals surface area contributed by atoms with Crippen LogP contribution in [0.2, 0.25) is 23.7 Å². The third kappa shape index (κ3) is 6.85. The number of ether oxygens (including phenoxy) is 2. The fraction of sp³-hybridized carbons (Fsp3) is 0.283. The van der Waals surface area contributed by atoms with Crippen LogP contribution in [0.3, 0.4) is 0 Å². The quantitative estimate of drug-likeness (QED) is 0.127. The van der Waals surface area contributed by atoms with E-state index in [2.05, 4.69) is 37.2 Å². The molecule has 2 N–H and O–H groups in total. The molecule has 1 saturated heterocycles. The Morgan fingerprint density at radius 2 is 1.66 bits per heavy atom. The molecule has 0 saturated carbocycles. The van der Waals surface area contributed by atoms with Gasteiger partial charge in [0.2, 0.25) is 5.91 Å². The highest BCUT2D eigenvalue weighted by molar-refractivity contribution is 6.91. The molecule has 0 unspecified atom stereocenters. The zero-order valence-electron chi connectivity index (χ0n) is 33.0. The van der Waals surface area contributed by atoms with Crippen LogP contribution in [0.1, 0.15) is 30.0 Å². The lowest BCUT2D eigenvalue weighted by Gasteiger charge is -2.37. The van der Waals surface area contributed by atoms with Gasteiger partial charge in [-0.15, -0.1) is 0 Å². The van der Waals surface area contributed by atoms with Crippen LogP contribution < -0.4 is 20.4 Å². The van der Waals surface area contributed by atoms with Gasteiger partial charge in [-0.25, -0.2) is 4.68 Å². The summed E-state index contributed by atoms with van der Waals surface area (Å²) in [5.41, 5.74) is 2.74. The van der Waals surface area contributed by atoms with Gasteiger partial charge in [-0.05, 0) is 71.3 Å². The molecule has 2 aliphatic rings. The number of rotatable bonds is 12. The number of hydrogen-bond donors (Lipinski definition) is 2. The molecule has 2 amide bonds. The van der Waals surface area contributed by atoms with Crippen molar-refractivity contribution in [3.05, 3.63) is 153 Å². The van der Waals surface area contributed by atoms with E-state index in [1.54, 1.807) is 29.0 Å². The van der Waals surface area contributed by atoms with Crippen molar-refractivity contribution in [3.8, 4) is 11.4 Å². The van der Waals surface area contributed by atoms with Gasteiger partial charge in [-0.3, -0.25) is 19.5 Å². The minimum Gasteiger partial charge on any atom is -0.497 e. The first kappa shape index (κ1) is 39.4. The van der Waals surface area contributed by atoms with Gasteiger partial charge in [0.05, 0.1) is 63.1 Å². The minimum absolute atomic E-state index is 0.0284. The summed E-state index contributed by atoms with van der Waals surface area (Å²) >= 11 is 6.74. The maximum Gasteiger partial charge on any atom is 0.279 e. The number of fused-ring (bicyclic) bond motifs is 3. The predicted molar refractivity (Wildman–Crippen MR) is 230 cm³/mol. The summed E-state index contributed by atoms with van der Waals surface area (Å²) in [4.78, 5) is 46.6. The number of carbonyl (C=O) groups excluding carboxylic acids is 2. The van der Waals surface area contributed by atoms with Gasteiger partial charge in [0.15, 0.2) is 5.60 Å². The number of halogens is 1. The summed E-state index contributed by atoms with van der Waals surface area (Å²) < 4.78 is 14.3. The van der Waals surface area contributed by atoms with Crippen LogP contribution in [-0.4, -0.2) is 66.0 Å². The Morgan fingerprint density at radius 1 is 0.931 bits per heavy atom. The zero-order chi connectivity index (χ0) is 40.8. The molecule has 6 aromatic rings. The molecule has 0 bridgehead atoms. The molecule has 298 valence electrons. The van der Waals surface area contributed by atoms with Gasteiger partial charge >= 0.3 is 0 Å². The number of carbonyl (C=O) groups is 2. The number of para-hydroxylation sites is 1. The van der Waals surface area contributed by atoms with E-state index in [4.69, 9.17) is 21.1 Å². The van der Waals surface area contributed by atoms with Crippen molar-refractivity contribution in [2.24, 2.45) is 5.92 Å².